The number of hydrogen-bond donors (Lipinski definition) is 17. The van der Waals surface area contributed by atoms with E-state index in [-0.39, 0.29) is 70.2 Å². The van der Waals surface area contributed by atoms with Gasteiger partial charge in [-0.3, -0.25) is 81.5 Å². The van der Waals surface area contributed by atoms with E-state index in [2.05, 4.69) is 52.8 Å². The summed E-state index contributed by atoms with van der Waals surface area (Å²) in [4.78, 5) is 248. The first-order valence-corrected chi connectivity index (χ1v) is 45.2. The van der Waals surface area contributed by atoms with Crippen LogP contribution < -0.4 is 59.3 Å². The summed E-state index contributed by atoms with van der Waals surface area (Å²) >= 11 is 0.615. The van der Waals surface area contributed by atoms with Crippen molar-refractivity contribution in [2.45, 2.75) is 202 Å². The Balaban J connectivity index is 1.01. The molecule has 8 rings (SSSR count). The number of phenols is 1. The first-order valence-electron chi connectivity index (χ1n) is 44.0. The average Bonchev–Trinajstić information content (AvgIpc) is 1.68. The van der Waals surface area contributed by atoms with E-state index in [4.69, 9.17) is 11.5 Å². The minimum absolute atomic E-state index is 0.0847. The van der Waals surface area contributed by atoms with Crippen molar-refractivity contribution in [3.8, 4) is 5.75 Å². The standard InChI is InChI=1S/C92H118F3N17O22S/c1-8-9-24-70(91(133)112-47-58(115)42-72(112)87(129)105-67(43-78(121)122)85(127)107-80(50(2)3)92(134)109(6)71(39-51-18-12-10-13-19-51)86(128)103-64(30-32-77(119)120)89(131)111-34-33-57(114)46-111)108(5)90(132)73(40-52-20-14-11-15-21-52)110(7)88(130)68(38-54-35-60(93)79(95)61(94)36-54)101-76(118)49-135-48-69(81(123)100-45-75(97)117)106-82(124)63(29-31-74(96)116)102-84(126)66(37-53-25-27-56(113)28-26-53)104-83(125)65(98-4)41-55-44-99-62-23-17-16-22-59(55)62/h10-23,25-28,35-36,44,50,57-58,63-73,80,98-99,113-115H,8-9,24,29-34,37-43,45-49H2,1-7H3,(H2,96,116)(H2,97,117)(H,100,123)(H,101,118)(H,102,126)(H,103,128)(H,104,125)(H,105,129)(H,106,124)(H,107,127)(H,119,120)(H,121,122)/t57-,58-,63+,64+,65+,66+,67+,68+,69+,70+,71?,72-,73+,80+/m1/s1. The van der Waals surface area contributed by atoms with E-state index in [0.29, 0.717) is 47.0 Å². The monoisotopic (exact) mass is 1900 g/mol. The summed E-state index contributed by atoms with van der Waals surface area (Å²) in [7, 11) is 5.12. The molecular weight excluding hydrogens is 1780 g/mol. The number of aliphatic hydroxyl groups excluding tert-OH is 2. The molecule has 6 aromatic rings. The topological polar surface area (TPSA) is 584 Å². The van der Waals surface area contributed by atoms with Gasteiger partial charge in [0.1, 0.15) is 72.2 Å². The number of unbranched alkanes of at least 4 members (excludes halogenated alkanes) is 1. The number of likely N-dealkylation sites (tertiary alicyclic amines) is 2. The highest BCUT2D eigenvalue weighted by Crippen LogP contribution is 2.28. The normalized spacial score (nSPS) is 16.5. The molecule has 39 nitrogen and oxygen atoms in total. The van der Waals surface area contributed by atoms with Crippen LogP contribution >= 0.6 is 11.8 Å². The van der Waals surface area contributed by atoms with Gasteiger partial charge < -0.3 is 114 Å². The van der Waals surface area contributed by atoms with Crippen LogP contribution in [0.3, 0.4) is 0 Å². The number of aromatic nitrogens is 1. The summed E-state index contributed by atoms with van der Waals surface area (Å²) in [6.07, 6.45) is -5.02. The number of likely N-dealkylation sites (N-methyl/N-ethyl adjacent to an activating group) is 4. The Labute approximate surface area is 780 Å². The van der Waals surface area contributed by atoms with Crippen LogP contribution in [0.4, 0.5) is 13.2 Å². The fourth-order valence-electron chi connectivity index (χ4n) is 15.8. The van der Waals surface area contributed by atoms with Crippen molar-refractivity contribution >= 4 is 123 Å². The minimum Gasteiger partial charge on any atom is -0.508 e. The second-order valence-corrected chi connectivity index (χ2v) is 34.8. The number of thioether (sulfide) groups is 1. The Hall–Kier alpha value is -13.6. The number of rotatable bonds is 51. The highest BCUT2D eigenvalue weighted by Gasteiger charge is 2.47. The SMILES string of the molecule is CCCC[C@@H](C(=O)N1C[C@H](O)C[C@@H]1C(=O)N[C@@H](CC(=O)O)C(=O)N[C@H](C(=O)N(C)C(Cc1ccccc1)C(=O)N[C@@H](CCC(=O)O)C(=O)N1CC[C@@H](O)C1)C(C)C)N(C)C(=O)[C@H](Cc1ccccc1)N(C)C(=O)[C@H](Cc1cc(F)c(F)c(F)c1)NC(=O)CSC[C@H](NC(=O)[C@H](CCC(N)=O)NC(=O)[C@H](Cc1ccc(O)cc1)NC(=O)[C@H](Cc1c[nH]c2ccccc12)NC)C(=O)NCC(N)=O. The second kappa shape index (κ2) is 51.1. The van der Waals surface area contributed by atoms with Crippen molar-refractivity contribution in [3.63, 3.8) is 0 Å². The molecule has 1 aromatic heterocycles. The van der Waals surface area contributed by atoms with Gasteiger partial charge in [-0.2, -0.15) is 0 Å². The molecule has 0 bridgehead atoms. The number of aromatic amines is 1. The second-order valence-electron chi connectivity index (χ2n) is 33.8. The Kier molecular flexibility index (Phi) is 40.4. The smallest absolute Gasteiger partial charge is 0.305 e. The van der Waals surface area contributed by atoms with Gasteiger partial charge in [-0.25, -0.2) is 13.2 Å². The molecule has 43 heteroatoms. The predicted octanol–water partition coefficient (Wildman–Crippen LogP) is -0.392. The molecule has 1 unspecified atom stereocenters. The van der Waals surface area contributed by atoms with Gasteiger partial charge in [0.05, 0.1) is 37.0 Å². The quantitative estimate of drug-likeness (QED) is 0.0216. The van der Waals surface area contributed by atoms with E-state index < -0.39 is 277 Å². The number of carboxylic acid groups (broad SMARTS) is 2. The van der Waals surface area contributed by atoms with Gasteiger partial charge in [-0.05, 0) is 103 Å². The number of nitrogens with zero attached hydrogens (tertiary/aromatic N) is 5. The Morgan fingerprint density at radius 3 is 1.68 bits per heavy atom. The van der Waals surface area contributed by atoms with Crippen LogP contribution in [-0.4, -0.2) is 306 Å². The van der Waals surface area contributed by atoms with E-state index in [1.807, 2.05) is 24.3 Å². The highest BCUT2D eigenvalue weighted by molar-refractivity contribution is 8.00. The van der Waals surface area contributed by atoms with Gasteiger partial charge >= 0.3 is 11.9 Å². The fourth-order valence-corrected chi connectivity index (χ4v) is 16.7. The molecule has 135 heavy (non-hydrogen) atoms. The van der Waals surface area contributed by atoms with E-state index in [0.717, 1.165) is 43.1 Å². The lowest BCUT2D eigenvalue weighted by Gasteiger charge is -2.38. The average molecular weight is 1900 g/mol. The molecule has 3 heterocycles. The number of halogens is 3. The van der Waals surface area contributed by atoms with Gasteiger partial charge in [0.15, 0.2) is 17.5 Å². The van der Waals surface area contributed by atoms with Crippen molar-refractivity contribution < 1.29 is 120 Å². The van der Waals surface area contributed by atoms with Crippen LogP contribution in [0.2, 0.25) is 0 Å². The summed E-state index contributed by atoms with van der Waals surface area (Å²) in [6.45, 7) is 3.43. The summed E-state index contributed by atoms with van der Waals surface area (Å²) in [5, 5.41) is 75.3. The van der Waals surface area contributed by atoms with Crippen molar-refractivity contribution in [2.24, 2.45) is 17.4 Å². The van der Waals surface area contributed by atoms with Crippen molar-refractivity contribution in [1.82, 2.24) is 77.3 Å². The molecule has 2 aliphatic heterocycles. The van der Waals surface area contributed by atoms with E-state index >= 15 is 23.2 Å². The van der Waals surface area contributed by atoms with Gasteiger partial charge in [-0.1, -0.05) is 125 Å². The number of H-pyrrole nitrogens is 1. The van der Waals surface area contributed by atoms with E-state index in [1.54, 1.807) is 73.8 Å². The van der Waals surface area contributed by atoms with Crippen molar-refractivity contribution in [1.29, 1.82) is 0 Å². The zero-order valence-electron chi connectivity index (χ0n) is 75.7. The molecular formula is C92H118F3N17O22S. The number of nitrogens with two attached hydrogens (primary N) is 2. The van der Waals surface area contributed by atoms with Crippen LogP contribution in [0.5, 0.6) is 5.75 Å². The number of hydrogen-bond acceptors (Lipinski definition) is 22. The molecule has 19 N–H and O–H groups in total. The molecule has 0 radical (unpaired) electrons. The van der Waals surface area contributed by atoms with Crippen molar-refractivity contribution in [3.05, 3.63) is 173 Å². The third-order valence-corrected chi connectivity index (χ3v) is 24.4. The number of carboxylic acids is 2. The summed E-state index contributed by atoms with van der Waals surface area (Å²) in [5.41, 5.74) is 13.4. The number of fused-ring (bicyclic) bond motifs is 1. The maximum absolute atomic E-state index is 15.7. The molecule has 15 amide bonds. The molecule has 0 spiro atoms. The summed E-state index contributed by atoms with van der Waals surface area (Å²) < 4.78 is 45.0. The number of β-amino-alcohol motifs (C(OH)–C–C–N with tert-alkyl or cyclic N) is 2. The lowest BCUT2D eigenvalue weighted by molar-refractivity contribution is -0.152. The number of amides is 15. The zero-order valence-corrected chi connectivity index (χ0v) is 76.6. The largest absolute Gasteiger partial charge is 0.508 e. The third-order valence-electron chi connectivity index (χ3n) is 23.3. The van der Waals surface area contributed by atoms with Gasteiger partial charge in [0.2, 0.25) is 88.6 Å². The number of phenolic OH excluding ortho intramolecular Hbond substituents is 1. The number of carbonyl (C=O) groups excluding carboxylic acids is 15. The van der Waals surface area contributed by atoms with Gasteiger partial charge in [-0.15, -0.1) is 11.8 Å². The highest BCUT2D eigenvalue weighted by atomic mass is 32.2. The number of nitrogens with one attached hydrogen (secondary N) is 10. The van der Waals surface area contributed by atoms with Crippen LogP contribution in [0.1, 0.15) is 113 Å². The van der Waals surface area contributed by atoms with Crippen LogP contribution in [0, 0.1) is 23.4 Å². The van der Waals surface area contributed by atoms with Gasteiger partial charge in [0, 0.05) is 109 Å². The lowest BCUT2D eigenvalue weighted by Crippen LogP contribution is -2.61. The lowest BCUT2D eigenvalue weighted by atomic mass is 9.98. The Morgan fingerprint density at radius 2 is 1.09 bits per heavy atom. The van der Waals surface area contributed by atoms with Crippen molar-refractivity contribution in [2.75, 3.05) is 65.9 Å². The fraction of sp³-hybridized carbons (Fsp3) is 0.467. The minimum atomic E-state index is -2.03. The molecule has 5 aromatic carbocycles. The molecule has 0 saturated carbocycles. The van der Waals surface area contributed by atoms with E-state index in [9.17, 15) is 97.0 Å². The number of aromatic hydroxyl groups is 1. The van der Waals surface area contributed by atoms with Crippen LogP contribution in [0.15, 0.2) is 128 Å². The molecule has 730 valence electrons. The molecule has 14 atom stereocenters. The number of benzene rings is 5. The number of primary amides is 2. The van der Waals surface area contributed by atoms with Crippen LogP contribution in [0.25, 0.3) is 10.9 Å². The molecule has 0 aliphatic carbocycles. The van der Waals surface area contributed by atoms with E-state index in [1.165, 1.54) is 64.2 Å². The Bertz CT molecular complexity index is 5200. The number of para-hydroxylation sites is 1. The maximum Gasteiger partial charge on any atom is 0.305 e. The van der Waals surface area contributed by atoms with Gasteiger partial charge in [0.25, 0.3) is 0 Å². The third kappa shape index (κ3) is 31.3. The molecule has 2 fully saturated rings. The predicted molar refractivity (Wildman–Crippen MR) is 485 cm³/mol. The number of carbonyl (C=O) groups is 17. The summed E-state index contributed by atoms with van der Waals surface area (Å²) in [5.74, 6) is -25.4. The number of aliphatic carboxylic acids is 2. The Morgan fingerprint density at radius 1 is 0.533 bits per heavy atom. The maximum atomic E-state index is 15.7. The number of aliphatic hydroxyl groups is 2. The summed E-state index contributed by atoms with van der Waals surface area (Å²) in [6, 6.07) is 11.2. The van der Waals surface area contributed by atoms with Crippen LogP contribution in [-0.2, 0) is 114 Å². The molecule has 2 aliphatic rings. The zero-order chi connectivity index (χ0) is 99.2. The first-order chi connectivity index (χ1) is 64.1. The molecule has 2 saturated heterocycles. The first kappa shape index (κ1) is 107.